The van der Waals surface area contributed by atoms with E-state index in [9.17, 15) is 9.18 Å². The Hall–Kier alpha value is -2.19. The highest BCUT2D eigenvalue weighted by molar-refractivity contribution is 7.99. The van der Waals surface area contributed by atoms with E-state index in [4.69, 9.17) is 0 Å². The second-order valence-electron chi connectivity index (χ2n) is 7.27. The molecule has 1 amide bonds. The largest absolute Gasteiger partial charge is 0.348 e. The van der Waals surface area contributed by atoms with Crippen molar-refractivity contribution in [3.63, 3.8) is 0 Å². The average molecular weight is 431 g/mol. The van der Waals surface area contributed by atoms with E-state index in [0.717, 1.165) is 29.1 Å². The third-order valence-corrected chi connectivity index (χ3v) is 7.21. The monoisotopic (exact) mass is 430 g/mol. The predicted molar refractivity (Wildman–Crippen MR) is 114 cm³/mol. The van der Waals surface area contributed by atoms with Gasteiger partial charge < -0.3 is 9.88 Å². The van der Waals surface area contributed by atoms with Crippen LogP contribution >= 0.6 is 23.1 Å². The van der Waals surface area contributed by atoms with E-state index in [1.807, 2.05) is 29.1 Å². The summed E-state index contributed by atoms with van der Waals surface area (Å²) >= 11 is 2.99. The Morgan fingerprint density at radius 2 is 2.03 bits per heavy atom. The maximum absolute atomic E-state index is 13.3. The molecule has 1 saturated carbocycles. The van der Waals surface area contributed by atoms with Crippen LogP contribution < -0.4 is 5.32 Å². The number of carbonyl (C=O) groups is 1. The SMILES string of the molecule is Cn1c(SCC(=O)NC(c2ccc(F)cc2)C2CCCC2)nnc1-c1cccs1. The van der Waals surface area contributed by atoms with E-state index >= 15 is 0 Å². The quantitative estimate of drug-likeness (QED) is 0.546. The molecule has 1 unspecified atom stereocenters. The van der Waals surface area contributed by atoms with Crippen LogP contribution in [0, 0.1) is 11.7 Å². The van der Waals surface area contributed by atoms with Crippen molar-refractivity contribution < 1.29 is 9.18 Å². The molecule has 0 aliphatic heterocycles. The molecule has 1 fully saturated rings. The first kappa shape index (κ1) is 20.1. The Balaban J connectivity index is 1.41. The fourth-order valence-corrected chi connectivity index (χ4v) is 5.31. The molecule has 0 radical (unpaired) electrons. The van der Waals surface area contributed by atoms with E-state index in [1.54, 1.807) is 23.5 Å². The molecule has 1 atom stereocenters. The van der Waals surface area contributed by atoms with Crippen molar-refractivity contribution in [3.8, 4) is 10.7 Å². The molecule has 8 heteroatoms. The molecule has 0 bridgehead atoms. The van der Waals surface area contributed by atoms with Crippen LogP contribution in [0.25, 0.3) is 10.7 Å². The molecule has 29 heavy (non-hydrogen) atoms. The Kier molecular flexibility index (Phi) is 6.30. The van der Waals surface area contributed by atoms with Crippen LogP contribution in [0.5, 0.6) is 0 Å². The molecule has 5 nitrogen and oxygen atoms in total. The van der Waals surface area contributed by atoms with Crippen molar-refractivity contribution in [1.29, 1.82) is 0 Å². The first-order chi connectivity index (χ1) is 14.1. The maximum atomic E-state index is 13.3. The first-order valence-corrected chi connectivity index (χ1v) is 11.6. The van der Waals surface area contributed by atoms with Crippen LogP contribution in [0.15, 0.2) is 46.9 Å². The van der Waals surface area contributed by atoms with Gasteiger partial charge >= 0.3 is 0 Å². The van der Waals surface area contributed by atoms with Crippen LogP contribution in [-0.4, -0.2) is 26.4 Å². The van der Waals surface area contributed by atoms with Gasteiger partial charge in [0.05, 0.1) is 16.7 Å². The van der Waals surface area contributed by atoms with E-state index < -0.39 is 0 Å². The minimum Gasteiger partial charge on any atom is -0.348 e. The van der Waals surface area contributed by atoms with Gasteiger partial charge in [0.15, 0.2) is 11.0 Å². The van der Waals surface area contributed by atoms with E-state index in [1.165, 1.54) is 36.7 Å². The van der Waals surface area contributed by atoms with Crippen LogP contribution in [0.2, 0.25) is 0 Å². The number of benzene rings is 1. The minimum atomic E-state index is -0.260. The molecular formula is C21H23FN4OS2. The third-order valence-electron chi connectivity index (χ3n) is 5.33. The Morgan fingerprint density at radius 3 is 2.72 bits per heavy atom. The summed E-state index contributed by atoms with van der Waals surface area (Å²) in [6, 6.07) is 10.4. The molecule has 1 aliphatic carbocycles. The molecule has 152 valence electrons. The van der Waals surface area contributed by atoms with Crippen molar-refractivity contribution in [3.05, 3.63) is 53.2 Å². The first-order valence-electron chi connectivity index (χ1n) is 9.72. The molecule has 1 N–H and O–H groups in total. The van der Waals surface area contributed by atoms with Crippen LogP contribution in [0.4, 0.5) is 4.39 Å². The number of thiophene rings is 1. The lowest BCUT2D eigenvalue weighted by Crippen LogP contribution is -2.34. The Morgan fingerprint density at radius 1 is 1.28 bits per heavy atom. The van der Waals surface area contributed by atoms with Gasteiger partial charge in [-0.2, -0.15) is 0 Å². The summed E-state index contributed by atoms with van der Waals surface area (Å²) in [5, 5.41) is 14.4. The Bertz CT molecular complexity index is 950. The zero-order valence-corrected chi connectivity index (χ0v) is 17.8. The molecule has 0 spiro atoms. The second kappa shape index (κ2) is 9.09. The van der Waals surface area contributed by atoms with Gasteiger partial charge in [0.1, 0.15) is 5.82 Å². The van der Waals surface area contributed by atoms with Crippen molar-refractivity contribution in [2.45, 2.75) is 36.9 Å². The lowest BCUT2D eigenvalue weighted by molar-refractivity contribution is -0.119. The number of rotatable bonds is 7. The van der Waals surface area contributed by atoms with Crippen LogP contribution in [0.1, 0.15) is 37.3 Å². The van der Waals surface area contributed by atoms with Gasteiger partial charge in [-0.15, -0.1) is 21.5 Å². The average Bonchev–Trinajstić information content (AvgIpc) is 3.48. The highest BCUT2D eigenvalue weighted by atomic mass is 32.2. The number of nitrogens with zero attached hydrogens (tertiary/aromatic N) is 3. The predicted octanol–water partition coefficient (Wildman–Crippen LogP) is 4.82. The number of hydrogen-bond acceptors (Lipinski definition) is 5. The van der Waals surface area contributed by atoms with Crippen molar-refractivity contribution in [1.82, 2.24) is 20.1 Å². The van der Waals surface area contributed by atoms with Gasteiger partial charge in [0, 0.05) is 7.05 Å². The van der Waals surface area contributed by atoms with Gasteiger partial charge in [-0.1, -0.05) is 42.8 Å². The number of hydrogen-bond donors (Lipinski definition) is 1. The van der Waals surface area contributed by atoms with Crippen LogP contribution in [0.3, 0.4) is 0 Å². The van der Waals surface area contributed by atoms with Gasteiger partial charge in [-0.3, -0.25) is 4.79 Å². The van der Waals surface area contributed by atoms with Gasteiger partial charge in [-0.05, 0) is 47.9 Å². The highest BCUT2D eigenvalue weighted by Gasteiger charge is 2.28. The summed E-state index contributed by atoms with van der Waals surface area (Å²) in [5.74, 6) is 1.16. The lowest BCUT2D eigenvalue weighted by atomic mass is 9.91. The summed E-state index contributed by atoms with van der Waals surface area (Å²) in [7, 11) is 1.91. The van der Waals surface area contributed by atoms with Crippen molar-refractivity contribution in [2.24, 2.45) is 13.0 Å². The second-order valence-corrected chi connectivity index (χ2v) is 9.16. The topological polar surface area (TPSA) is 59.8 Å². The number of aromatic nitrogens is 3. The Labute approximate surface area is 177 Å². The zero-order chi connectivity index (χ0) is 20.2. The van der Waals surface area contributed by atoms with E-state index in [2.05, 4.69) is 15.5 Å². The molecular weight excluding hydrogens is 407 g/mol. The minimum absolute atomic E-state index is 0.0445. The summed E-state index contributed by atoms with van der Waals surface area (Å²) in [6.45, 7) is 0. The number of carbonyl (C=O) groups excluding carboxylic acids is 1. The fraction of sp³-hybridized carbons (Fsp3) is 0.381. The molecule has 1 aliphatic rings. The molecule has 2 heterocycles. The smallest absolute Gasteiger partial charge is 0.230 e. The zero-order valence-electron chi connectivity index (χ0n) is 16.2. The third kappa shape index (κ3) is 4.70. The lowest BCUT2D eigenvalue weighted by Gasteiger charge is -2.25. The van der Waals surface area contributed by atoms with Crippen LogP contribution in [-0.2, 0) is 11.8 Å². The van der Waals surface area contributed by atoms with Gasteiger partial charge in [0.2, 0.25) is 5.91 Å². The van der Waals surface area contributed by atoms with Gasteiger partial charge in [0.25, 0.3) is 0 Å². The standard InChI is InChI=1S/C21H23FN4OS2/c1-26-20(17-7-4-12-28-17)24-25-21(26)29-13-18(27)23-19(14-5-2-3-6-14)15-8-10-16(22)11-9-15/h4,7-12,14,19H,2-3,5-6,13H2,1H3,(H,23,27). The van der Waals surface area contributed by atoms with Crippen molar-refractivity contribution >= 4 is 29.0 Å². The summed E-state index contributed by atoms with van der Waals surface area (Å²) < 4.78 is 15.2. The molecule has 1 aromatic carbocycles. The number of halogens is 1. The summed E-state index contributed by atoms with van der Waals surface area (Å²) in [6.07, 6.45) is 4.53. The molecule has 0 saturated heterocycles. The fourth-order valence-electron chi connectivity index (χ4n) is 3.84. The maximum Gasteiger partial charge on any atom is 0.230 e. The number of thioether (sulfide) groups is 1. The number of nitrogens with one attached hydrogen (secondary N) is 1. The normalized spacial score (nSPS) is 15.5. The van der Waals surface area contributed by atoms with Crippen molar-refractivity contribution in [2.75, 3.05) is 5.75 Å². The molecule has 3 aromatic rings. The van der Waals surface area contributed by atoms with Gasteiger partial charge in [-0.25, -0.2) is 4.39 Å². The molecule has 4 rings (SSSR count). The van der Waals surface area contributed by atoms with E-state index in [0.29, 0.717) is 11.1 Å². The number of amides is 1. The highest BCUT2D eigenvalue weighted by Crippen LogP contribution is 2.36. The summed E-state index contributed by atoms with van der Waals surface area (Å²) in [5.41, 5.74) is 0.968. The van der Waals surface area contributed by atoms with E-state index in [-0.39, 0.29) is 23.5 Å². The molecule has 2 aromatic heterocycles. The summed E-state index contributed by atoms with van der Waals surface area (Å²) in [4.78, 5) is 13.8.